The first-order valence-corrected chi connectivity index (χ1v) is 6.05. The number of benzene rings is 1. The fourth-order valence-electron chi connectivity index (χ4n) is 1.86. The average Bonchev–Trinajstić information content (AvgIpc) is 2.77. The summed E-state index contributed by atoms with van der Waals surface area (Å²) in [6.45, 7) is 2.55. The second kappa shape index (κ2) is 5.71. The van der Waals surface area contributed by atoms with E-state index >= 15 is 0 Å². The molecule has 0 fully saturated rings. The van der Waals surface area contributed by atoms with E-state index in [9.17, 15) is 4.39 Å². The Labute approximate surface area is 106 Å². The van der Waals surface area contributed by atoms with Gasteiger partial charge in [0.25, 0.3) is 6.02 Å². The molecule has 0 spiro atoms. The van der Waals surface area contributed by atoms with Gasteiger partial charge in [0.2, 0.25) is 0 Å². The topological polar surface area (TPSA) is 56.8 Å². The van der Waals surface area contributed by atoms with Gasteiger partial charge >= 0.3 is 0 Å². The summed E-state index contributed by atoms with van der Waals surface area (Å²) < 4.78 is 23.7. The van der Waals surface area contributed by atoms with Crippen LogP contribution < -0.4 is 10.5 Å². The van der Waals surface area contributed by atoms with Crippen molar-refractivity contribution >= 4 is 6.02 Å². The van der Waals surface area contributed by atoms with Crippen molar-refractivity contribution in [3.8, 4) is 5.75 Å². The van der Waals surface area contributed by atoms with Crippen molar-refractivity contribution in [3.05, 3.63) is 30.1 Å². The first-order valence-electron chi connectivity index (χ1n) is 6.05. The zero-order valence-corrected chi connectivity index (χ0v) is 10.3. The molecule has 0 saturated carbocycles. The Bertz CT molecular complexity index is 420. The summed E-state index contributed by atoms with van der Waals surface area (Å²) in [4.78, 5) is 4.16. The second-order valence-corrected chi connectivity index (χ2v) is 4.27. The SMILES string of the molecule is CC[C@@H](C[C@H]1COC(N)=N1)Oc1ccc(F)cc1. The molecule has 1 aromatic carbocycles. The van der Waals surface area contributed by atoms with Crippen molar-refractivity contribution in [1.29, 1.82) is 0 Å². The van der Waals surface area contributed by atoms with Gasteiger partial charge in [-0.05, 0) is 30.7 Å². The van der Waals surface area contributed by atoms with Gasteiger partial charge in [-0.1, -0.05) is 6.92 Å². The predicted molar refractivity (Wildman–Crippen MR) is 67.1 cm³/mol. The molecule has 0 radical (unpaired) electrons. The first-order chi connectivity index (χ1) is 8.67. The molecule has 1 aliphatic heterocycles. The first kappa shape index (κ1) is 12.7. The van der Waals surface area contributed by atoms with Gasteiger partial charge in [-0.25, -0.2) is 9.38 Å². The molecule has 2 rings (SSSR count). The quantitative estimate of drug-likeness (QED) is 0.873. The Morgan fingerprint density at radius 2 is 2.22 bits per heavy atom. The van der Waals surface area contributed by atoms with Crippen LogP contribution in [-0.4, -0.2) is 24.8 Å². The second-order valence-electron chi connectivity index (χ2n) is 4.27. The molecule has 1 heterocycles. The zero-order chi connectivity index (χ0) is 13.0. The molecule has 5 heteroatoms. The lowest BCUT2D eigenvalue weighted by atomic mass is 10.1. The van der Waals surface area contributed by atoms with Crippen LogP contribution in [0.5, 0.6) is 5.75 Å². The van der Waals surface area contributed by atoms with Crippen molar-refractivity contribution in [1.82, 2.24) is 0 Å². The number of ether oxygens (including phenoxy) is 2. The number of aliphatic imine (C=N–C) groups is 1. The van der Waals surface area contributed by atoms with Gasteiger partial charge in [0, 0.05) is 6.42 Å². The third-order valence-electron chi connectivity index (χ3n) is 2.84. The van der Waals surface area contributed by atoms with Gasteiger partial charge in [0.15, 0.2) is 0 Å². The van der Waals surface area contributed by atoms with E-state index in [4.69, 9.17) is 15.2 Å². The van der Waals surface area contributed by atoms with Crippen LogP contribution in [0.2, 0.25) is 0 Å². The summed E-state index contributed by atoms with van der Waals surface area (Å²) in [7, 11) is 0. The maximum atomic E-state index is 12.8. The summed E-state index contributed by atoms with van der Waals surface area (Å²) in [5.74, 6) is 0.399. The Morgan fingerprint density at radius 3 is 2.78 bits per heavy atom. The Kier molecular flexibility index (Phi) is 4.02. The van der Waals surface area contributed by atoms with Crippen LogP contribution in [0.1, 0.15) is 19.8 Å². The number of hydrogen-bond donors (Lipinski definition) is 1. The van der Waals surface area contributed by atoms with Gasteiger partial charge in [-0.2, -0.15) is 0 Å². The summed E-state index contributed by atoms with van der Waals surface area (Å²) in [6.07, 6.45) is 1.62. The highest BCUT2D eigenvalue weighted by molar-refractivity contribution is 5.73. The third-order valence-corrected chi connectivity index (χ3v) is 2.84. The molecule has 2 atom stereocenters. The van der Waals surface area contributed by atoms with Gasteiger partial charge in [0.05, 0.1) is 6.04 Å². The largest absolute Gasteiger partial charge is 0.490 e. The molecule has 98 valence electrons. The zero-order valence-electron chi connectivity index (χ0n) is 10.3. The van der Waals surface area contributed by atoms with E-state index in [0.717, 1.165) is 12.8 Å². The molecule has 2 N–H and O–H groups in total. The molecule has 0 amide bonds. The summed E-state index contributed by atoms with van der Waals surface area (Å²) in [5, 5.41) is 0. The monoisotopic (exact) mass is 252 g/mol. The van der Waals surface area contributed by atoms with E-state index < -0.39 is 0 Å². The van der Waals surface area contributed by atoms with E-state index in [1.165, 1.54) is 12.1 Å². The van der Waals surface area contributed by atoms with Crippen LogP contribution in [0, 0.1) is 5.82 Å². The average molecular weight is 252 g/mol. The number of rotatable bonds is 5. The molecular formula is C13H17FN2O2. The fourth-order valence-corrected chi connectivity index (χ4v) is 1.86. The number of nitrogens with two attached hydrogens (primary N) is 1. The molecule has 0 saturated heterocycles. The maximum Gasteiger partial charge on any atom is 0.282 e. The van der Waals surface area contributed by atoms with Crippen molar-refractivity contribution in [2.24, 2.45) is 10.7 Å². The van der Waals surface area contributed by atoms with Crippen LogP contribution >= 0.6 is 0 Å². The lowest BCUT2D eigenvalue weighted by Gasteiger charge is -2.19. The highest BCUT2D eigenvalue weighted by atomic mass is 19.1. The van der Waals surface area contributed by atoms with E-state index in [2.05, 4.69) is 4.99 Å². The number of nitrogens with zero attached hydrogens (tertiary/aromatic N) is 1. The van der Waals surface area contributed by atoms with Gasteiger partial charge in [0.1, 0.15) is 24.3 Å². The lowest BCUT2D eigenvalue weighted by molar-refractivity contribution is 0.168. The minimum absolute atomic E-state index is 0.0266. The maximum absolute atomic E-state index is 12.8. The van der Waals surface area contributed by atoms with Crippen LogP contribution in [0.15, 0.2) is 29.3 Å². The lowest BCUT2D eigenvalue weighted by Crippen LogP contribution is -2.22. The molecule has 0 aliphatic carbocycles. The van der Waals surface area contributed by atoms with Crippen LogP contribution in [0.3, 0.4) is 0 Å². The summed E-state index contributed by atoms with van der Waals surface area (Å²) in [6, 6.07) is 6.32. The molecule has 1 aliphatic rings. The van der Waals surface area contributed by atoms with Crippen molar-refractivity contribution in [2.45, 2.75) is 31.9 Å². The van der Waals surface area contributed by atoms with E-state index in [1.54, 1.807) is 12.1 Å². The van der Waals surface area contributed by atoms with Crippen molar-refractivity contribution in [3.63, 3.8) is 0 Å². The van der Waals surface area contributed by atoms with Crippen LogP contribution in [0.4, 0.5) is 4.39 Å². The van der Waals surface area contributed by atoms with Gasteiger partial charge in [-0.3, -0.25) is 0 Å². The summed E-state index contributed by atoms with van der Waals surface area (Å²) >= 11 is 0. The number of hydrogen-bond acceptors (Lipinski definition) is 4. The highest BCUT2D eigenvalue weighted by Crippen LogP contribution is 2.19. The van der Waals surface area contributed by atoms with E-state index in [1.807, 2.05) is 6.92 Å². The van der Waals surface area contributed by atoms with Crippen LogP contribution in [0.25, 0.3) is 0 Å². The normalized spacial score (nSPS) is 20.1. The molecule has 0 bridgehead atoms. The van der Waals surface area contributed by atoms with Gasteiger partial charge < -0.3 is 15.2 Å². The number of amidine groups is 1. The molecule has 0 unspecified atom stereocenters. The molecule has 4 nitrogen and oxygen atoms in total. The van der Waals surface area contributed by atoms with Crippen LogP contribution in [-0.2, 0) is 4.74 Å². The Morgan fingerprint density at radius 1 is 1.50 bits per heavy atom. The van der Waals surface area contributed by atoms with Gasteiger partial charge in [-0.15, -0.1) is 0 Å². The molecule has 1 aromatic rings. The molecular weight excluding hydrogens is 235 g/mol. The third kappa shape index (κ3) is 3.35. The summed E-state index contributed by atoms with van der Waals surface area (Å²) in [5.41, 5.74) is 5.46. The van der Waals surface area contributed by atoms with E-state index in [-0.39, 0.29) is 24.0 Å². The highest BCUT2D eigenvalue weighted by Gasteiger charge is 2.21. The standard InChI is InChI=1S/C13H17FN2O2/c1-2-11(7-10-8-17-13(15)16-10)18-12-5-3-9(14)4-6-12/h3-6,10-11H,2,7-8H2,1H3,(H2,15,16)/t10-,11-/m0/s1. The number of halogens is 1. The minimum Gasteiger partial charge on any atom is -0.490 e. The minimum atomic E-state index is -0.267. The smallest absolute Gasteiger partial charge is 0.282 e. The Balaban J connectivity index is 1.91. The fraction of sp³-hybridized carbons (Fsp3) is 0.462. The Hall–Kier alpha value is -1.78. The van der Waals surface area contributed by atoms with E-state index in [0.29, 0.717) is 12.4 Å². The predicted octanol–water partition coefficient (Wildman–Crippen LogP) is 2.09. The molecule has 18 heavy (non-hydrogen) atoms. The van der Waals surface area contributed by atoms with Crippen molar-refractivity contribution in [2.75, 3.05) is 6.61 Å². The molecule has 0 aromatic heterocycles. The van der Waals surface area contributed by atoms with Crippen molar-refractivity contribution < 1.29 is 13.9 Å².